The molecule has 0 atom stereocenters. The Kier molecular flexibility index (Phi) is 10.7. The summed E-state index contributed by atoms with van der Waals surface area (Å²) in [7, 11) is 3.15. The zero-order valence-electron chi connectivity index (χ0n) is 34.5. The number of hydrogen-bond acceptors (Lipinski definition) is 19. The number of methoxy groups -OCH3 is 2. The Morgan fingerprint density at radius 1 is 0.703 bits per heavy atom. The van der Waals surface area contributed by atoms with Crippen LogP contribution in [-0.4, -0.2) is 96.9 Å². The standard InChI is InChI=1S/C42H36N14O8/c1-24-17-32(52-63-24)38-48-47-37-20-35(41(51-56(37)38)62-23-27-7-8-29-31(45-27)10-14-54(42(29)57)13-4-15-58-2)60-16-11-28-18-33(53-64-28)39-49-46-36-19-34(59-3)40(50-55(36)39)61-22-26-6-5-25-21-43-12-9-30(25)44-26/h5-10,12,14,17-21H,4,11,13,15-16,22-23H2,1-3H3. The first kappa shape index (κ1) is 39.7. The van der Waals surface area contributed by atoms with Crippen molar-refractivity contribution in [2.24, 2.45) is 0 Å². The van der Waals surface area contributed by atoms with Gasteiger partial charge in [-0.3, -0.25) is 9.78 Å². The molecule has 0 unspecified atom stereocenters. The minimum atomic E-state index is -0.130. The van der Waals surface area contributed by atoms with Crippen LogP contribution in [0.5, 0.6) is 23.3 Å². The normalized spacial score (nSPS) is 11.6. The molecular formula is C42H36N14O8. The van der Waals surface area contributed by atoms with Crippen molar-refractivity contribution in [3.8, 4) is 46.3 Å². The van der Waals surface area contributed by atoms with Gasteiger partial charge >= 0.3 is 0 Å². The largest absolute Gasteiger partial charge is 0.491 e. The van der Waals surface area contributed by atoms with Gasteiger partial charge in [-0.1, -0.05) is 10.3 Å². The predicted octanol–water partition coefficient (Wildman–Crippen LogP) is 4.66. The van der Waals surface area contributed by atoms with E-state index in [1.807, 2.05) is 18.2 Å². The lowest BCUT2D eigenvalue weighted by Gasteiger charge is -2.12. The van der Waals surface area contributed by atoms with Crippen LogP contribution in [0.3, 0.4) is 0 Å². The van der Waals surface area contributed by atoms with Crippen LogP contribution in [0.4, 0.5) is 0 Å². The Labute approximate surface area is 360 Å². The number of rotatable bonds is 17. The van der Waals surface area contributed by atoms with Gasteiger partial charge in [0.15, 0.2) is 34.2 Å². The molecule has 0 aliphatic carbocycles. The van der Waals surface area contributed by atoms with Crippen LogP contribution in [0.15, 0.2) is 93.1 Å². The summed E-state index contributed by atoms with van der Waals surface area (Å²) < 4.78 is 44.8. The Morgan fingerprint density at radius 2 is 1.41 bits per heavy atom. The summed E-state index contributed by atoms with van der Waals surface area (Å²) in [5.74, 6) is 2.75. The van der Waals surface area contributed by atoms with Crippen LogP contribution in [0.25, 0.3) is 56.1 Å². The molecule has 322 valence electrons. The Morgan fingerprint density at radius 3 is 2.14 bits per heavy atom. The van der Waals surface area contributed by atoms with Crippen molar-refractivity contribution in [3.63, 3.8) is 0 Å². The first-order valence-electron chi connectivity index (χ1n) is 19.9. The van der Waals surface area contributed by atoms with E-state index < -0.39 is 0 Å². The van der Waals surface area contributed by atoms with Crippen molar-refractivity contribution in [2.45, 2.75) is 39.5 Å². The molecule has 0 radical (unpaired) electrons. The highest BCUT2D eigenvalue weighted by Crippen LogP contribution is 2.31. The molecule has 10 heterocycles. The second-order valence-corrected chi connectivity index (χ2v) is 14.4. The number of hydrogen-bond donors (Lipinski definition) is 0. The van der Waals surface area contributed by atoms with Crippen LogP contribution >= 0.6 is 0 Å². The van der Waals surface area contributed by atoms with Gasteiger partial charge < -0.3 is 37.3 Å². The van der Waals surface area contributed by atoms with Gasteiger partial charge in [0.2, 0.25) is 11.6 Å². The van der Waals surface area contributed by atoms with E-state index in [0.29, 0.717) is 99.9 Å². The molecular weight excluding hydrogens is 829 g/mol. The van der Waals surface area contributed by atoms with E-state index in [2.05, 4.69) is 50.8 Å². The molecule has 0 saturated carbocycles. The van der Waals surface area contributed by atoms with E-state index in [0.717, 1.165) is 10.9 Å². The average Bonchev–Trinajstić information content (AvgIpc) is 4.15. The summed E-state index contributed by atoms with van der Waals surface area (Å²) in [6, 6.07) is 17.7. The van der Waals surface area contributed by atoms with Gasteiger partial charge in [-0.05, 0) is 49.7 Å². The molecule has 0 aromatic carbocycles. The molecule has 0 amide bonds. The van der Waals surface area contributed by atoms with Crippen LogP contribution in [0.2, 0.25) is 0 Å². The van der Waals surface area contributed by atoms with Crippen LogP contribution < -0.4 is 24.5 Å². The Hall–Kier alpha value is -8.40. The summed E-state index contributed by atoms with van der Waals surface area (Å²) in [6.07, 6.45) is 6.18. The van der Waals surface area contributed by atoms with Crippen LogP contribution in [-0.2, 0) is 30.9 Å². The maximum absolute atomic E-state index is 13.1. The van der Waals surface area contributed by atoms with Crippen molar-refractivity contribution < 1.29 is 32.7 Å². The van der Waals surface area contributed by atoms with Gasteiger partial charge in [-0.25, -0.2) is 9.97 Å². The average molecular weight is 865 g/mol. The summed E-state index contributed by atoms with van der Waals surface area (Å²) in [5.41, 5.74) is 4.08. The second-order valence-electron chi connectivity index (χ2n) is 14.4. The van der Waals surface area contributed by atoms with Crippen LogP contribution in [0.1, 0.15) is 29.3 Å². The predicted molar refractivity (Wildman–Crippen MR) is 224 cm³/mol. The lowest BCUT2D eigenvalue weighted by molar-refractivity contribution is 0.190. The van der Waals surface area contributed by atoms with E-state index in [4.69, 9.17) is 37.8 Å². The monoisotopic (exact) mass is 864 g/mol. The molecule has 0 N–H and O–H groups in total. The number of ether oxygens (including phenoxy) is 5. The number of fused-ring (bicyclic) bond motifs is 4. The molecule has 0 fully saturated rings. The third-order valence-electron chi connectivity index (χ3n) is 10.0. The zero-order chi connectivity index (χ0) is 43.6. The molecule has 22 nitrogen and oxygen atoms in total. The SMILES string of the molecule is COCCCn1ccc2nc(COc3nn4c(-c5cc(C)on5)nnc4cc3OCCc3cc(-c4nnc5cc(OC)c(OCc6ccc7cnccc7n6)nn45)no3)ccc2c1=O. The fourth-order valence-electron chi connectivity index (χ4n) is 6.85. The minimum Gasteiger partial charge on any atom is -0.491 e. The molecule has 10 aromatic rings. The molecule has 64 heavy (non-hydrogen) atoms. The molecule has 0 bridgehead atoms. The lowest BCUT2D eigenvalue weighted by atomic mass is 10.2. The van der Waals surface area contributed by atoms with E-state index in [1.165, 1.54) is 16.1 Å². The highest BCUT2D eigenvalue weighted by Gasteiger charge is 2.21. The number of nitrogens with zero attached hydrogens (tertiary/aromatic N) is 14. The van der Waals surface area contributed by atoms with Gasteiger partial charge in [-0.15, -0.1) is 30.6 Å². The van der Waals surface area contributed by atoms with Gasteiger partial charge in [0.05, 0.1) is 41.5 Å². The fourth-order valence-corrected chi connectivity index (χ4v) is 6.85. The second kappa shape index (κ2) is 17.2. The topological polar surface area (TPSA) is 245 Å². The maximum atomic E-state index is 13.1. The minimum absolute atomic E-state index is 0.00490. The zero-order valence-corrected chi connectivity index (χ0v) is 34.5. The van der Waals surface area contributed by atoms with E-state index >= 15 is 0 Å². The molecule has 10 rings (SSSR count). The first-order chi connectivity index (χ1) is 31.4. The highest BCUT2D eigenvalue weighted by molar-refractivity contribution is 5.78. The molecule has 0 aliphatic heterocycles. The van der Waals surface area contributed by atoms with E-state index in [9.17, 15) is 4.79 Å². The third-order valence-corrected chi connectivity index (χ3v) is 10.0. The van der Waals surface area contributed by atoms with Crippen molar-refractivity contribution in [1.29, 1.82) is 0 Å². The number of aryl methyl sites for hydroxylation is 2. The lowest BCUT2D eigenvalue weighted by Crippen LogP contribution is -2.20. The van der Waals surface area contributed by atoms with Gasteiger partial charge in [-0.2, -0.15) is 9.03 Å². The molecule has 0 spiro atoms. The van der Waals surface area contributed by atoms with Gasteiger partial charge in [0.25, 0.3) is 17.3 Å². The number of pyridine rings is 4. The first-order valence-corrected chi connectivity index (χ1v) is 19.9. The quantitative estimate of drug-likeness (QED) is 0.113. The Balaban J connectivity index is 0.861. The van der Waals surface area contributed by atoms with Gasteiger partial charge in [0, 0.05) is 74.9 Å². The smallest absolute Gasteiger partial charge is 0.275 e. The molecule has 22 heteroatoms. The fraction of sp³-hybridized carbons (Fsp3) is 0.238. The highest BCUT2D eigenvalue weighted by atomic mass is 16.5. The van der Waals surface area contributed by atoms with Crippen LogP contribution in [0, 0.1) is 6.92 Å². The van der Waals surface area contributed by atoms with Crippen molar-refractivity contribution >= 4 is 33.1 Å². The van der Waals surface area contributed by atoms with Crippen molar-refractivity contribution in [1.82, 2.24) is 69.5 Å². The molecule has 0 aliphatic rings. The van der Waals surface area contributed by atoms with E-state index in [-0.39, 0.29) is 42.9 Å². The van der Waals surface area contributed by atoms with Crippen molar-refractivity contribution in [3.05, 3.63) is 113 Å². The molecule has 10 aromatic heterocycles. The molecule has 0 saturated heterocycles. The Bertz CT molecular complexity index is 3360. The number of aromatic nitrogens is 14. The summed E-state index contributed by atoms with van der Waals surface area (Å²) >= 11 is 0. The van der Waals surface area contributed by atoms with Crippen molar-refractivity contribution in [2.75, 3.05) is 27.4 Å². The summed E-state index contributed by atoms with van der Waals surface area (Å²) in [4.78, 5) is 26.6. The van der Waals surface area contributed by atoms with E-state index in [1.54, 1.807) is 79.7 Å². The summed E-state index contributed by atoms with van der Waals surface area (Å²) in [6.45, 7) is 3.14. The summed E-state index contributed by atoms with van der Waals surface area (Å²) in [5, 5.41) is 36.2. The maximum Gasteiger partial charge on any atom is 0.275 e. The third kappa shape index (κ3) is 7.95. The van der Waals surface area contributed by atoms with Gasteiger partial charge in [0.1, 0.15) is 24.7 Å².